The lowest BCUT2D eigenvalue weighted by Crippen LogP contribution is -2.44. The summed E-state index contributed by atoms with van der Waals surface area (Å²) < 4.78 is 29.9. The molecule has 1 atom stereocenters. The van der Waals surface area contributed by atoms with Crippen LogP contribution in [0.4, 0.5) is 4.39 Å². The number of morpholine rings is 1. The molecule has 6 heteroatoms. The van der Waals surface area contributed by atoms with Crippen molar-refractivity contribution in [3.8, 4) is 11.5 Å². The first-order chi connectivity index (χ1) is 12.1. The van der Waals surface area contributed by atoms with E-state index >= 15 is 0 Å². The summed E-state index contributed by atoms with van der Waals surface area (Å²) in [4.78, 5) is 2.30. The molecule has 0 aliphatic carbocycles. The second kappa shape index (κ2) is 8.52. The van der Waals surface area contributed by atoms with Crippen molar-refractivity contribution < 1.29 is 18.6 Å². The highest BCUT2D eigenvalue weighted by Crippen LogP contribution is 2.26. The second-order valence-corrected chi connectivity index (χ2v) is 6.37. The van der Waals surface area contributed by atoms with E-state index in [1.807, 2.05) is 18.2 Å². The minimum Gasteiger partial charge on any atom is -0.495 e. The first-order valence-electron chi connectivity index (χ1n) is 8.19. The van der Waals surface area contributed by atoms with Gasteiger partial charge in [0.1, 0.15) is 30.0 Å². The van der Waals surface area contributed by atoms with E-state index in [1.165, 1.54) is 12.1 Å². The maximum absolute atomic E-state index is 13.2. The molecule has 4 nitrogen and oxygen atoms in total. The fraction of sp³-hybridized carbons (Fsp3) is 0.368. The minimum absolute atomic E-state index is 0.0498. The molecule has 0 unspecified atom stereocenters. The van der Waals surface area contributed by atoms with Gasteiger partial charge in [0.15, 0.2) is 0 Å². The Balaban J connectivity index is 1.54. The van der Waals surface area contributed by atoms with E-state index in [-0.39, 0.29) is 11.9 Å². The summed E-state index contributed by atoms with van der Waals surface area (Å²) in [6, 6.07) is 11.9. The Bertz CT molecular complexity index is 713. The number of hydrogen-bond acceptors (Lipinski definition) is 4. The van der Waals surface area contributed by atoms with E-state index in [2.05, 4.69) is 4.90 Å². The number of hydrogen-bond donors (Lipinski definition) is 0. The van der Waals surface area contributed by atoms with Crippen LogP contribution in [-0.2, 0) is 11.3 Å². The molecule has 1 heterocycles. The van der Waals surface area contributed by atoms with Crippen molar-refractivity contribution in [2.75, 3.05) is 33.4 Å². The van der Waals surface area contributed by atoms with Crippen molar-refractivity contribution in [3.05, 3.63) is 58.9 Å². The molecule has 1 aliphatic rings. The van der Waals surface area contributed by atoms with E-state index in [4.69, 9.17) is 25.8 Å². The molecule has 0 radical (unpaired) electrons. The zero-order chi connectivity index (χ0) is 17.6. The van der Waals surface area contributed by atoms with E-state index in [9.17, 15) is 4.39 Å². The average Bonchev–Trinajstić information content (AvgIpc) is 2.62. The first kappa shape index (κ1) is 18.0. The third-order valence-corrected chi connectivity index (χ3v) is 4.39. The van der Waals surface area contributed by atoms with Crippen LogP contribution in [-0.4, -0.2) is 44.4 Å². The van der Waals surface area contributed by atoms with Gasteiger partial charge >= 0.3 is 0 Å². The molecule has 3 rings (SSSR count). The molecule has 2 aromatic carbocycles. The number of benzene rings is 2. The molecular formula is C19H21ClFNO3. The highest BCUT2D eigenvalue weighted by Gasteiger charge is 2.21. The Morgan fingerprint density at radius 3 is 2.96 bits per heavy atom. The fourth-order valence-corrected chi connectivity index (χ4v) is 3.03. The predicted octanol–water partition coefficient (Wildman–Crippen LogP) is 3.77. The van der Waals surface area contributed by atoms with E-state index in [0.717, 1.165) is 25.2 Å². The fourth-order valence-electron chi connectivity index (χ4n) is 2.83. The van der Waals surface area contributed by atoms with Crippen LogP contribution in [0.5, 0.6) is 11.5 Å². The minimum atomic E-state index is -0.305. The number of halogens is 2. The molecule has 2 aromatic rings. The summed E-state index contributed by atoms with van der Waals surface area (Å²) in [6.07, 6.45) is -0.0498. The number of ether oxygens (including phenoxy) is 3. The van der Waals surface area contributed by atoms with Gasteiger partial charge in [-0.2, -0.15) is 0 Å². The second-order valence-electron chi connectivity index (χ2n) is 5.97. The van der Waals surface area contributed by atoms with Gasteiger partial charge in [-0.1, -0.05) is 23.7 Å². The Morgan fingerprint density at radius 2 is 2.16 bits per heavy atom. The third kappa shape index (κ3) is 5.08. The molecule has 134 valence electrons. The Labute approximate surface area is 152 Å². The summed E-state index contributed by atoms with van der Waals surface area (Å²) >= 11 is 6.07. The zero-order valence-corrected chi connectivity index (χ0v) is 14.8. The van der Waals surface area contributed by atoms with Gasteiger partial charge in [0, 0.05) is 25.7 Å². The topological polar surface area (TPSA) is 30.9 Å². The SMILES string of the molecule is COc1cc(CN2CCO[C@H](COc3cccc(F)c3)C2)ccc1Cl. The monoisotopic (exact) mass is 365 g/mol. The quantitative estimate of drug-likeness (QED) is 0.779. The molecule has 1 saturated heterocycles. The van der Waals surface area contributed by atoms with Gasteiger partial charge in [0.2, 0.25) is 0 Å². The maximum Gasteiger partial charge on any atom is 0.137 e. The molecular weight excluding hydrogens is 345 g/mol. The van der Waals surface area contributed by atoms with Gasteiger partial charge in [-0.3, -0.25) is 4.90 Å². The summed E-state index contributed by atoms with van der Waals surface area (Å²) in [7, 11) is 1.61. The molecule has 0 saturated carbocycles. The Kier molecular flexibility index (Phi) is 6.13. The van der Waals surface area contributed by atoms with Crippen LogP contribution in [0.1, 0.15) is 5.56 Å². The van der Waals surface area contributed by atoms with E-state index in [0.29, 0.717) is 29.7 Å². The van der Waals surface area contributed by atoms with Gasteiger partial charge in [-0.15, -0.1) is 0 Å². The van der Waals surface area contributed by atoms with Crippen LogP contribution in [0.15, 0.2) is 42.5 Å². The Hall–Kier alpha value is -1.82. The molecule has 0 N–H and O–H groups in total. The smallest absolute Gasteiger partial charge is 0.137 e. The van der Waals surface area contributed by atoms with Crippen molar-refractivity contribution in [2.45, 2.75) is 12.6 Å². The molecule has 0 spiro atoms. The van der Waals surface area contributed by atoms with E-state index in [1.54, 1.807) is 19.2 Å². The van der Waals surface area contributed by atoms with Crippen LogP contribution in [0.25, 0.3) is 0 Å². The molecule has 25 heavy (non-hydrogen) atoms. The predicted molar refractivity (Wildman–Crippen MR) is 94.9 cm³/mol. The van der Waals surface area contributed by atoms with Gasteiger partial charge in [0.05, 0.1) is 18.7 Å². The van der Waals surface area contributed by atoms with Crippen LogP contribution >= 0.6 is 11.6 Å². The summed E-state index contributed by atoms with van der Waals surface area (Å²) in [5.74, 6) is 0.891. The average molecular weight is 366 g/mol. The van der Waals surface area contributed by atoms with Crippen molar-refractivity contribution in [1.29, 1.82) is 0 Å². The highest BCUT2D eigenvalue weighted by atomic mass is 35.5. The summed E-state index contributed by atoms with van der Waals surface area (Å²) in [6.45, 7) is 3.42. The van der Waals surface area contributed by atoms with Gasteiger partial charge in [-0.25, -0.2) is 4.39 Å². The van der Waals surface area contributed by atoms with Gasteiger partial charge < -0.3 is 14.2 Å². The normalized spacial score (nSPS) is 18.1. The number of rotatable bonds is 6. The lowest BCUT2D eigenvalue weighted by molar-refractivity contribution is -0.0504. The largest absolute Gasteiger partial charge is 0.495 e. The lowest BCUT2D eigenvalue weighted by atomic mass is 10.2. The molecule has 0 bridgehead atoms. The van der Waals surface area contributed by atoms with Crippen molar-refractivity contribution in [2.24, 2.45) is 0 Å². The Morgan fingerprint density at radius 1 is 1.28 bits per heavy atom. The molecule has 1 aliphatic heterocycles. The zero-order valence-electron chi connectivity index (χ0n) is 14.1. The number of nitrogens with zero attached hydrogens (tertiary/aromatic N) is 1. The van der Waals surface area contributed by atoms with Crippen LogP contribution in [0.3, 0.4) is 0 Å². The van der Waals surface area contributed by atoms with Gasteiger partial charge in [0.25, 0.3) is 0 Å². The van der Waals surface area contributed by atoms with Crippen LogP contribution in [0.2, 0.25) is 5.02 Å². The van der Waals surface area contributed by atoms with Crippen molar-refractivity contribution in [1.82, 2.24) is 4.90 Å². The van der Waals surface area contributed by atoms with Crippen LogP contribution in [0, 0.1) is 5.82 Å². The first-order valence-corrected chi connectivity index (χ1v) is 8.56. The molecule has 0 aromatic heterocycles. The molecule has 1 fully saturated rings. The maximum atomic E-state index is 13.2. The van der Waals surface area contributed by atoms with Crippen molar-refractivity contribution in [3.63, 3.8) is 0 Å². The summed E-state index contributed by atoms with van der Waals surface area (Å²) in [5, 5.41) is 0.606. The number of methoxy groups -OCH3 is 1. The van der Waals surface area contributed by atoms with Crippen molar-refractivity contribution >= 4 is 11.6 Å². The standard InChI is InChI=1S/C19H21ClFNO3/c1-23-19-9-14(5-6-18(19)20)11-22-7-8-24-17(12-22)13-25-16-4-2-3-15(21)10-16/h2-6,9-10,17H,7-8,11-13H2,1H3/t17-/m0/s1. The highest BCUT2D eigenvalue weighted by molar-refractivity contribution is 6.32. The van der Waals surface area contributed by atoms with E-state index < -0.39 is 0 Å². The summed E-state index contributed by atoms with van der Waals surface area (Å²) in [5.41, 5.74) is 1.13. The van der Waals surface area contributed by atoms with Gasteiger partial charge in [-0.05, 0) is 29.8 Å². The molecule has 0 amide bonds. The third-order valence-electron chi connectivity index (χ3n) is 4.08. The van der Waals surface area contributed by atoms with Crippen LogP contribution < -0.4 is 9.47 Å². The lowest BCUT2D eigenvalue weighted by Gasteiger charge is -2.32.